The predicted octanol–water partition coefficient (Wildman–Crippen LogP) is 0.826. The molecular weight excluding hydrogens is 264 g/mol. The van der Waals surface area contributed by atoms with Crippen LogP contribution in [0.2, 0.25) is 0 Å². The van der Waals surface area contributed by atoms with Crippen molar-refractivity contribution in [2.45, 2.75) is 11.8 Å². The van der Waals surface area contributed by atoms with Crippen LogP contribution < -0.4 is 4.74 Å². The quantitative estimate of drug-likeness (QED) is 0.321. The molecule has 8 heteroatoms. The first kappa shape index (κ1) is 14.0. The summed E-state index contributed by atoms with van der Waals surface area (Å²) in [6.45, 7) is 4.38. The second-order valence-electron chi connectivity index (χ2n) is 3.35. The molecule has 98 valence electrons. The Morgan fingerprint density at radius 2 is 1.89 bits per heavy atom. The van der Waals surface area contributed by atoms with E-state index in [0.29, 0.717) is 6.07 Å². The van der Waals surface area contributed by atoms with Crippen LogP contribution >= 0.6 is 0 Å². The minimum Gasteiger partial charge on any atom is -0.504 e. The Kier molecular flexibility index (Phi) is 3.63. The molecule has 0 aliphatic rings. The lowest BCUT2D eigenvalue weighted by Gasteiger charge is -2.10. The van der Waals surface area contributed by atoms with Gasteiger partial charge in [-0.15, -0.1) is 0 Å². The standard InChI is InChI=1S/C10H10O7S/c1-5(11)6(2)17-9-4-7(18(14,15)16)3-8(12)10(9)13/h3-4,12-13H,2H2,1H3,(H,14,15,16). The summed E-state index contributed by atoms with van der Waals surface area (Å²) in [6, 6.07) is 1.38. The van der Waals surface area contributed by atoms with Crippen LogP contribution in [0.4, 0.5) is 0 Å². The Balaban J connectivity index is 3.32. The van der Waals surface area contributed by atoms with Crippen LogP contribution in [0.25, 0.3) is 0 Å². The molecule has 3 N–H and O–H groups in total. The lowest BCUT2D eigenvalue weighted by Crippen LogP contribution is -2.04. The summed E-state index contributed by atoms with van der Waals surface area (Å²) in [4.78, 5) is 10.2. The number of hydrogen-bond donors (Lipinski definition) is 3. The summed E-state index contributed by atoms with van der Waals surface area (Å²) in [5.74, 6) is -3.02. The lowest BCUT2D eigenvalue weighted by molar-refractivity contribution is -0.115. The minimum atomic E-state index is -4.59. The molecule has 1 aromatic rings. The zero-order valence-corrected chi connectivity index (χ0v) is 10.1. The number of ketones is 1. The van der Waals surface area contributed by atoms with E-state index in [4.69, 9.17) is 9.29 Å². The summed E-state index contributed by atoms with van der Waals surface area (Å²) in [7, 11) is -4.59. The number of ether oxygens (including phenoxy) is 1. The number of phenolic OH excluding ortho intramolecular Hbond substituents is 2. The Bertz CT molecular complexity index is 615. The zero-order chi connectivity index (χ0) is 14.1. The zero-order valence-electron chi connectivity index (χ0n) is 9.24. The molecule has 0 amide bonds. The van der Waals surface area contributed by atoms with Gasteiger partial charge in [-0.2, -0.15) is 8.42 Å². The molecule has 18 heavy (non-hydrogen) atoms. The van der Waals surface area contributed by atoms with E-state index >= 15 is 0 Å². The lowest BCUT2D eigenvalue weighted by atomic mass is 10.3. The number of carbonyl (C=O) groups is 1. The molecule has 7 nitrogen and oxygen atoms in total. The number of allylic oxidation sites excluding steroid dienone is 1. The molecule has 1 aromatic carbocycles. The van der Waals surface area contributed by atoms with Crippen molar-refractivity contribution >= 4 is 15.9 Å². The topological polar surface area (TPSA) is 121 Å². The fraction of sp³-hybridized carbons (Fsp3) is 0.100. The maximum absolute atomic E-state index is 10.9. The Hall–Kier alpha value is -2.06. The van der Waals surface area contributed by atoms with Gasteiger partial charge in [0.05, 0.1) is 0 Å². The number of rotatable bonds is 4. The molecule has 0 fully saturated rings. The molecule has 0 unspecified atom stereocenters. The largest absolute Gasteiger partial charge is 0.504 e. The van der Waals surface area contributed by atoms with E-state index in [2.05, 4.69) is 6.58 Å². The number of carbonyl (C=O) groups excluding carboxylic acids is 1. The molecule has 0 radical (unpaired) electrons. The van der Waals surface area contributed by atoms with Gasteiger partial charge in [-0.1, -0.05) is 6.58 Å². The van der Waals surface area contributed by atoms with E-state index in [1.165, 1.54) is 0 Å². The number of hydrogen-bond acceptors (Lipinski definition) is 6. The van der Waals surface area contributed by atoms with Gasteiger partial charge in [0.1, 0.15) is 4.90 Å². The van der Waals surface area contributed by atoms with Gasteiger partial charge in [0.25, 0.3) is 10.1 Å². The summed E-state index contributed by atoms with van der Waals surface area (Å²) in [5.41, 5.74) is 0. The highest BCUT2D eigenvalue weighted by Gasteiger charge is 2.19. The third-order valence-corrected chi connectivity index (χ3v) is 2.78. The van der Waals surface area contributed by atoms with Crippen molar-refractivity contribution in [3.05, 3.63) is 24.5 Å². The van der Waals surface area contributed by atoms with Crippen molar-refractivity contribution < 1.29 is 32.7 Å². The summed E-state index contributed by atoms with van der Waals surface area (Å²) < 4.78 is 35.4. The number of aromatic hydroxyl groups is 2. The van der Waals surface area contributed by atoms with E-state index in [1.54, 1.807) is 0 Å². The normalized spacial score (nSPS) is 11.0. The smallest absolute Gasteiger partial charge is 0.294 e. The molecule has 0 saturated carbocycles. The Morgan fingerprint density at radius 1 is 1.33 bits per heavy atom. The van der Waals surface area contributed by atoms with Crippen LogP contribution in [0.15, 0.2) is 29.4 Å². The van der Waals surface area contributed by atoms with Crippen LogP contribution in [0.1, 0.15) is 6.92 Å². The van der Waals surface area contributed by atoms with Gasteiger partial charge < -0.3 is 14.9 Å². The number of benzene rings is 1. The number of Topliss-reactive ketones (excluding diaryl/α,β-unsaturated/α-hetero) is 1. The van der Waals surface area contributed by atoms with Crippen LogP contribution in [-0.4, -0.2) is 29.0 Å². The highest BCUT2D eigenvalue weighted by Crippen LogP contribution is 2.38. The summed E-state index contributed by atoms with van der Waals surface area (Å²) >= 11 is 0. The molecule has 0 atom stereocenters. The first-order chi connectivity index (χ1) is 8.12. The predicted molar refractivity (Wildman–Crippen MR) is 60.0 cm³/mol. The van der Waals surface area contributed by atoms with Crippen LogP contribution in [0.5, 0.6) is 17.2 Å². The van der Waals surface area contributed by atoms with Crippen molar-refractivity contribution in [3.63, 3.8) is 0 Å². The highest BCUT2D eigenvalue weighted by atomic mass is 32.2. The Morgan fingerprint density at radius 3 is 2.33 bits per heavy atom. The van der Waals surface area contributed by atoms with Crippen LogP contribution in [0.3, 0.4) is 0 Å². The molecule has 1 rings (SSSR count). The van der Waals surface area contributed by atoms with Crippen molar-refractivity contribution in [1.29, 1.82) is 0 Å². The molecule has 0 aromatic heterocycles. The van der Waals surface area contributed by atoms with Crippen molar-refractivity contribution in [2.75, 3.05) is 0 Å². The monoisotopic (exact) mass is 274 g/mol. The summed E-state index contributed by atoms with van der Waals surface area (Å²) in [5, 5.41) is 18.7. The molecule has 0 aliphatic carbocycles. The average Bonchev–Trinajstić information content (AvgIpc) is 2.22. The molecule has 0 bridgehead atoms. The van der Waals surface area contributed by atoms with E-state index in [0.717, 1.165) is 13.0 Å². The SMILES string of the molecule is C=C(Oc1cc(S(=O)(=O)O)cc(O)c1O)C(C)=O. The Labute approximate surface area is 103 Å². The van der Waals surface area contributed by atoms with Gasteiger partial charge in [-0.3, -0.25) is 9.35 Å². The van der Waals surface area contributed by atoms with Gasteiger partial charge in [0.15, 0.2) is 23.0 Å². The molecule has 0 spiro atoms. The van der Waals surface area contributed by atoms with E-state index < -0.39 is 38.0 Å². The molecular formula is C10H10O7S. The average molecular weight is 274 g/mol. The maximum atomic E-state index is 10.9. The van der Waals surface area contributed by atoms with Gasteiger partial charge in [0, 0.05) is 19.1 Å². The molecule has 0 aliphatic heterocycles. The van der Waals surface area contributed by atoms with E-state index in [9.17, 15) is 23.4 Å². The highest BCUT2D eigenvalue weighted by molar-refractivity contribution is 7.85. The van der Waals surface area contributed by atoms with E-state index in [-0.39, 0.29) is 5.76 Å². The summed E-state index contributed by atoms with van der Waals surface area (Å²) in [6.07, 6.45) is 0. The first-order valence-corrected chi connectivity index (χ1v) is 5.98. The van der Waals surface area contributed by atoms with Crippen molar-refractivity contribution in [3.8, 4) is 17.2 Å². The van der Waals surface area contributed by atoms with E-state index in [1.807, 2.05) is 0 Å². The van der Waals surface area contributed by atoms with Gasteiger partial charge in [0.2, 0.25) is 5.75 Å². The second-order valence-corrected chi connectivity index (χ2v) is 4.77. The third kappa shape index (κ3) is 2.99. The second kappa shape index (κ2) is 4.67. The number of phenols is 2. The van der Waals surface area contributed by atoms with Gasteiger partial charge in [-0.05, 0) is 0 Å². The fourth-order valence-corrected chi connectivity index (χ4v) is 1.52. The van der Waals surface area contributed by atoms with Crippen molar-refractivity contribution in [1.82, 2.24) is 0 Å². The fourth-order valence-electron chi connectivity index (χ4n) is 1.000. The van der Waals surface area contributed by atoms with Crippen LogP contribution in [-0.2, 0) is 14.9 Å². The van der Waals surface area contributed by atoms with Crippen LogP contribution in [0, 0.1) is 0 Å². The van der Waals surface area contributed by atoms with Crippen molar-refractivity contribution in [2.24, 2.45) is 0 Å². The molecule has 0 saturated heterocycles. The molecule has 0 heterocycles. The van der Waals surface area contributed by atoms with Gasteiger partial charge >= 0.3 is 0 Å². The minimum absolute atomic E-state index is 0.364. The maximum Gasteiger partial charge on any atom is 0.294 e. The third-order valence-electron chi connectivity index (χ3n) is 1.95. The van der Waals surface area contributed by atoms with Gasteiger partial charge in [-0.25, -0.2) is 0 Å². The first-order valence-electron chi connectivity index (χ1n) is 4.54.